The van der Waals surface area contributed by atoms with Crippen LogP contribution < -0.4 is 21.1 Å². The van der Waals surface area contributed by atoms with E-state index in [-0.39, 0.29) is 0 Å². The van der Waals surface area contributed by atoms with Crippen molar-refractivity contribution >= 4 is 57.6 Å². The van der Waals surface area contributed by atoms with Crippen molar-refractivity contribution in [3.05, 3.63) is 164 Å². The molecule has 0 aliphatic carbocycles. The van der Waals surface area contributed by atoms with Gasteiger partial charge in [0, 0.05) is 67.5 Å². The molecule has 0 aliphatic heterocycles. The van der Waals surface area contributed by atoms with E-state index in [9.17, 15) is 9.59 Å². The normalized spacial score (nSPS) is 11.6. The summed E-state index contributed by atoms with van der Waals surface area (Å²) in [5.74, 6) is 0. The van der Waals surface area contributed by atoms with E-state index in [1.54, 1.807) is 6.07 Å². The van der Waals surface area contributed by atoms with Crippen LogP contribution >= 0.6 is 0 Å². The van der Waals surface area contributed by atoms with Gasteiger partial charge in [-0.15, -0.1) is 0 Å². The van der Waals surface area contributed by atoms with Crippen molar-refractivity contribution in [1.82, 2.24) is 0 Å². The highest BCUT2D eigenvalue weighted by atomic mass is 16.4. The number of rotatable bonds is 8. The van der Waals surface area contributed by atoms with Crippen LogP contribution in [0.2, 0.25) is 0 Å². The van der Waals surface area contributed by atoms with E-state index >= 15 is 0 Å². The van der Waals surface area contributed by atoms with Crippen LogP contribution in [0.1, 0.15) is 22.3 Å². The fourth-order valence-electron chi connectivity index (χ4n) is 6.17. The smallest absolute Gasteiger partial charge is 0.344 e. The predicted molar refractivity (Wildman–Crippen MR) is 209 cm³/mol. The minimum atomic E-state index is -0.477. The molecule has 0 spiro atoms. The van der Waals surface area contributed by atoms with Crippen LogP contribution in [-0.4, -0.2) is 28.2 Å². The second-order valence-electron chi connectivity index (χ2n) is 12.6. The van der Waals surface area contributed by atoms with Crippen LogP contribution in [-0.2, 0) is 0 Å². The molecule has 0 bridgehead atoms. The van der Waals surface area contributed by atoms with Crippen LogP contribution in [0.4, 0.5) is 11.4 Å². The van der Waals surface area contributed by atoms with Gasteiger partial charge in [0.15, 0.2) is 0 Å². The van der Waals surface area contributed by atoms with E-state index in [0.717, 1.165) is 44.4 Å². The number of nitrogens with zero attached hydrogens (tertiary/aromatic N) is 2. The molecule has 7 aromatic rings. The highest BCUT2D eigenvalue weighted by molar-refractivity contribution is 6.06. The van der Waals surface area contributed by atoms with Gasteiger partial charge in [-0.05, 0) is 52.6 Å². The Morgan fingerprint density at radius 1 is 0.460 bits per heavy atom. The topological polar surface area (TPSA) is 66.9 Å². The maximum absolute atomic E-state index is 13.7. The number of hydrogen-bond donors (Lipinski definition) is 0. The van der Waals surface area contributed by atoms with Gasteiger partial charge in [-0.25, -0.2) is 9.59 Å². The zero-order chi connectivity index (χ0) is 34.8. The Kier molecular flexibility index (Phi) is 8.75. The van der Waals surface area contributed by atoms with Gasteiger partial charge < -0.3 is 18.6 Å². The summed E-state index contributed by atoms with van der Waals surface area (Å²) >= 11 is 0. The lowest BCUT2D eigenvalue weighted by Gasteiger charge is -2.13. The van der Waals surface area contributed by atoms with E-state index in [1.165, 1.54) is 0 Å². The fraction of sp³-hybridized carbons (Fsp3) is 0.0909. The maximum Gasteiger partial charge on any atom is 0.344 e. The van der Waals surface area contributed by atoms with E-state index in [2.05, 4.69) is 34.1 Å². The SMILES string of the molecule is CN(C)c1ccc(/C=C/c2c(-c3ccccc3)c(=O)oc3cc4oc(=O)c(-c5ccccc5)c(/C=C/c5ccc(N(C)C)cc5)c4cc23)cc1. The lowest BCUT2D eigenvalue weighted by Crippen LogP contribution is -2.08. The third kappa shape index (κ3) is 6.39. The van der Waals surface area contributed by atoms with Gasteiger partial charge in [0.05, 0.1) is 11.1 Å². The molecule has 0 saturated heterocycles. The van der Waals surface area contributed by atoms with E-state index in [4.69, 9.17) is 8.83 Å². The number of benzene rings is 5. The van der Waals surface area contributed by atoms with Crippen molar-refractivity contribution in [3.8, 4) is 22.3 Å². The van der Waals surface area contributed by atoms with Crippen molar-refractivity contribution < 1.29 is 8.83 Å². The summed E-state index contributed by atoms with van der Waals surface area (Å²) in [6.07, 6.45) is 7.94. The first-order chi connectivity index (χ1) is 24.3. The lowest BCUT2D eigenvalue weighted by atomic mass is 9.93. The molecule has 0 N–H and O–H groups in total. The monoisotopic (exact) mass is 656 g/mol. The second kappa shape index (κ2) is 13.6. The summed E-state index contributed by atoms with van der Waals surface area (Å²) in [4.78, 5) is 31.5. The van der Waals surface area contributed by atoms with Gasteiger partial charge in [-0.1, -0.05) is 109 Å². The molecule has 7 rings (SSSR count). The van der Waals surface area contributed by atoms with Gasteiger partial charge in [0.1, 0.15) is 11.2 Å². The number of fused-ring (bicyclic) bond motifs is 2. The van der Waals surface area contributed by atoms with Crippen LogP contribution in [0.3, 0.4) is 0 Å². The van der Waals surface area contributed by atoms with E-state index in [0.29, 0.717) is 33.4 Å². The molecule has 0 unspecified atom stereocenters. The van der Waals surface area contributed by atoms with Gasteiger partial charge in [0.2, 0.25) is 0 Å². The van der Waals surface area contributed by atoms with Crippen molar-refractivity contribution in [2.75, 3.05) is 38.0 Å². The fourth-order valence-corrected chi connectivity index (χ4v) is 6.17. The minimum absolute atomic E-state index is 0.328. The first kappa shape index (κ1) is 32.2. The molecular weight excluding hydrogens is 620 g/mol. The largest absolute Gasteiger partial charge is 0.422 e. The molecule has 5 aromatic carbocycles. The average Bonchev–Trinajstić information content (AvgIpc) is 3.13. The minimum Gasteiger partial charge on any atom is -0.422 e. The van der Waals surface area contributed by atoms with Crippen molar-refractivity contribution in [1.29, 1.82) is 0 Å². The van der Waals surface area contributed by atoms with Crippen LogP contribution in [0.25, 0.3) is 68.5 Å². The molecular formula is C44H36N2O4. The summed E-state index contributed by atoms with van der Waals surface area (Å²) in [7, 11) is 8.02. The number of anilines is 2. The van der Waals surface area contributed by atoms with Crippen molar-refractivity contribution in [2.45, 2.75) is 0 Å². The Balaban J connectivity index is 1.50. The molecule has 0 radical (unpaired) electrons. The zero-order valence-electron chi connectivity index (χ0n) is 28.4. The second-order valence-corrected chi connectivity index (χ2v) is 12.6. The van der Waals surface area contributed by atoms with Gasteiger partial charge in [-0.3, -0.25) is 0 Å². The summed E-state index contributed by atoms with van der Waals surface area (Å²) in [5.41, 5.74) is 7.68. The van der Waals surface area contributed by atoms with Gasteiger partial charge in [0.25, 0.3) is 0 Å². The Morgan fingerprint density at radius 2 is 0.840 bits per heavy atom. The molecule has 6 nitrogen and oxygen atoms in total. The Morgan fingerprint density at radius 3 is 1.20 bits per heavy atom. The van der Waals surface area contributed by atoms with E-state index < -0.39 is 11.3 Å². The Bertz CT molecular complexity index is 2320. The van der Waals surface area contributed by atoms with Crippen molar-refractivity contribution in [3.63, 3.8) is 0 Å². The standard InChI is InChI=1S/C44H36N2O4/c1-45(2)33-21-15-29(16-22-33)19-25-35-37-27-38-36(26-20-30-17-23-34(24-18-30)46(3)4)42(32-13-9-6-10-14-32)44(48)50-40(38)28-39(37)49-43(47)41(35)31-11-7-5-8-12-31/h5-28H,1-4H3/b25-19+,26-20+. The molecule has 0 aliphatic rings. The molecule has 50 heavy (non-hydrogen) atoms. The molecule has 0 saturated carbocycles. The van der Waals surface area contributed by atoms with Gasteiger partial charge in [-0.2, -0.15) is 0 Å². The molecule has 0 atom stereocenters. The maximum atomic E-state index is 13.7. The van der Waals surface area contributed by atoms with Gasteiger partial charge >= 0.3 is 11.3 Å². The third-order valence-electron chi connectivity index (χ3n) is 8.84. The quantitative estimate of drug-likeness (QED) is 0.120. The third-order valence-corrected chi connectivity index (χ3v) is 8.84. The van der Waals surface area contributed by atoms with Crippen molar-refractivity contribution in [2.24, 2.45) is 0 Å². The first-order valence-corrected chi connectivity index (χ1v) is 16.4. The molecule has 6 heteroatoms. The Hall–Kier alpha value is -6.40. The lowest BCUT2D eigenvalue weighted by molar-refractivity contribution is 0.551. The first-order valence-electron chi connectivity index (χ1n) is 16.4. The molecule has 0 fully saturated rings. The highest BCUT2D eigenvalue weighted by Crippen LogP contribution is 2.36. The van der Waals surface area contributed by atoms with E-state index in [1.807, 2.05) is 143 Å². The number of hydrogen-bond acceptors (Lipinski definition) is 6. The van der Waals surface area contributed by atoms with Crippen LogP contribution in [0, 0.1) is 0 Å². The summed E-state index contributed by atoms with van der Waals surface area (Å²) in [6, 6.07) is 39.1. The summed E-state index contributed by atoms with van der Waals surface area (Å²) < 4.78 is 11.9. The highest BCUT2D eigenvalue weighted by Gasteiger charge is 2.20. The molecule has 2 aromatic heterocycles. The Labute approximate surface area is 290 Å². The molecule has 246 valence electrons. The summed E-state index contributed by atoms with van der Waals surface area (Å²) in [6.45, 7) is 0. The predicted octanol–water partition coefficient (Wildman–Crippen LogP) is 9.71. The van der Waals surface area contributed by atoms with Crippen LogP contribution in [0.5, 0.6) is 0 Å². The molecule has 2 heterocycles. The zero-order valence-corrected chi connectivity index (χ0v) is 28.4. The molecule has 0 amide bonds. The van der Waals surface area contributed by atoms with Crippen LogP contribution in [0.15, 0.2) is 140 Å². The average molecular weight is 657 g/mol. The summed E-state index contributed by atoms with van der Waals surface area (Å²) in [5, 5.41) is 1.44.